The van der Waals surface area contributed by atoms with Gasteiger partial charge in [0.15, 0.2) is 11.5 Å². The van der Waals surface area contributed by atoms with Crippen LogP contribution in [0.1, 0.15) is 27.6 Å². The minimum atomic E-state index is -0.511. The fourth-order valence-electron chi connectivity index (χ4n) is 1.94. The summed E-state index contributed by atoms with van der Waals surface area (Å²) < 4.78 is 10.9. The van der Waals surface area contributed by atoms with E-state index in [-0.39, 0.29) is 10.2 Å². The highest BCUT2D eigenvalue weighted by Gasteiger charge is 2.13. The van der Waals surface area contributed by atoms with E-state index < -0.39 is 11.8 Å². The number of pyridine rings is 1. The molecule has 0 aliphatic carbocycles. The largest absolute Gasteiger partial charge is 0.493 e. The molecule has 0 aliphatic rings. The number of carbonyl (C=O) groups is 2. The van der Waals surface area contributed by atoms with Crippen molar-refractivity contribution < 1.29 is 19.1 Å². The highest BCUT2D eigenvalue weighted by atomic mass is 32.1. The van der Waals surface area contributed by atoms with Gasteiger partial charge in [0.05, 0.1) is 19.3 Å². The van der Waals surface area contributed by atoms with Crippen molar-refractivity contribution in [3.8, 4) is 11.5 Å². The average Bonchev–Trinajstić information content (AvgIpc) is 2.60. The van der Waals surface area contributed by atoms with Gasteiger partial charge >= 0.3 is 0 Å². The highest BCUT2D eigenvalue weighted by Crippen LogP contribution is 2.27. The molecule has 0 saturated carbocycles. The first-order valence-electron chi connectivity index (χ1n) is 7.16. The standard InChI is InChI=1S/C16H17N3O4S/c1-3-23-12-7-6-10(9-13(12)22-2)14(20)18-19-15(21)11-5-4-8-17-16(11)24/h4-9H,3H2,1-2H3,(H,17,24)(H,18,20)(H,19,21). The van der Waals surface area contributed by atoms with Crippen molar-refractivity contribution in [2.45, 2.75) is 6.92 Å². The first kappa shape index (κ1) is 17.5. The summed E-state index contributed by atoms with van der Waals surface area (Å²) in [5.74, 6) is -0.0314. The zero-order chi connectivity index (χ0) is 17.5. The third-order valence-electron chi connectivity index (χ3n) is 3.08. The Morgan fingerprint density at radius 2 is 1.92 bits per heavy atom. The second kappa shape index (κ2) is 8.11. The predicted molar refractivity (Wildman–Crippen MR) is 90.7 cm³/mol. The normalized spacial score (nSPS) is 9.92. The summed E-state index contributed by atoms with van der Waals surface area (Å²) >= 11 is 5.01. The lowest BCUT2D eigenvalue weighted by Crippen LogP contribution is -2.41. The third kappa shape index (κ3) is 4.11. The van der Waals surface area contributed by atoms with E-state index >= 15 is 0 Å². The van der Waals surface area contributed by atoms with Crippen LogP contribution in [0, 0.1) is 4.64 Å². The van der Waals surface area contributed by atoms with Crippen LogP contribution in [-0.4, -0.2) is 30.5 Å². The molecule has 1 heterocycles. The van der Waals surface area contributed by atoms with Crippen molar-refractivity contribution in [3.63, 3.8) is 0 Å². The predicted octanol–water partition coefficient (Wildman–Crippen LogP) is 2.23. The van der Waals surface area contributed by atoms with E-state index in [2.05, 4.69) is 15.8 Å². The van der Waals surface area contributed by atoms with Gasteiger partial charge in [-0.25, -0.2) is 0 Å². The number of benzene rings is 1. The van der Waals surface area contributed by atoms with Crippen LogP contribution in [0.4, 0.5) is 0 Å². The van der Waals surface area contributed by atoms with Crippen molar-refractivity contribution in [1.29, 1.82) is 0 Å². The number of ether oxygens (including phenoxy) is 2. The highest BCUT2D eigenvalue weighted by molar-refractivity contribution is 7.71. The molecule has 3 N–H and O–H groups in total. The van der Waals surface area contributed by atoms with E-state index in [4.69, 9.17) is 21.7 Å². The monoisotopic (exact) mass is 347 g/mol. The lowest BCUT2D eigenvalue weighted by molar-refractivity contribution is 0.0846. The molecular formula is C16H17N3O4S. The molecule has 0 fully saturated rings. The van der Waals surface area contributed by atoms with Gasteiger partial charge in [0, 0.05) is 11.8 Å². The molecule has 0 unspecified atom stereocenters. The van der Waals surface area contributed by atoms with Gasteiger partial charge in [0.25, 0.3) is 11.8 Å². The molecular weight excluding hydrogens is 330 g/mol. The summed E-state index contributed by atoms with van der Waals surface area (Å²) in [5.41, 5.74) is 5.23. The second-order valence-corrected chi connectivity index (χ2v) is 5.03. The van der Waals surface area contributed by atoms with E-state index in [1.54, 1.807) is 30.5 Å². The van der Waals surface area contributed by atoms with Gasteiger partial charge in [0.2, 0.25) is 0 Å². The Balaban J connectivity index is 2.06. The quantitative estimate of drug-likeness (QED) is 0.570. The van der Waals surface area contributed by atoms with Crippen LogP contribution in [0.15, 0.2) is 36.5 Å². The van der Waals surface area contributed by atoms with Crippen LogP contribution in [-0.2, 0) is 0 Å². The van der Waals surface area contributed by atoms with Gasteiger partial charge in [-0.1, -0.05) is 12.2 Å². The van der Waals surface area contributed by atoms with Crippen LogP contribution in [0.2, 0.25) is 0 Å². The fraction of sp³-hybridized carbons (Fsp3) is 0.188. The SMILES string of the molecule is CCOc1ccc(C(=O)NNC(=O)c2ccc[nH]c2=S)cc1OC. The molecule has 0 radical (unpaired) electrons. The van der Waals surface area contributed by atoms with Gasteiger partial charge in [-0.05, 0) is 37.3 Å². The van der Waals surface area contributed by atoms with E-state index in [1.165, 1.54) is 13.2 Å². The maximum absolute atomic E-state index is 12.1. The van der Waals surface area contributed by atoms with Gasteiger partial charge in [-0.3, -0.25) is 20.4 Å². The number of H-pyrrole nitrogens is 1. The second-order valence-electron chi connectivity index (χ2n) is 4.62. The number of hydrogen-bond acceptors (Lipinski definition) is 5. The maximum atomic E-state index is 12.1. The van der Waals surface area contributed by atoms with E-state index in [0.717, 1.165) is 0 Å². The van der Waals surface area contributed by atoms with E-state index in [9.17, 15) is 9.59 Å². The number of nitrogens with one attached hydrogen (secondary N) is 3. The Bertz CT molecular complexity index is 804. The fourth-order valence-corrected chi connectivity index (χ4v) is 2.17. The minimum absolute atomic E-state index is 0.261. The number of amides is 2. The lowest BCUT2D eigenvalue weighted by Gasteiger charge is -2.11. The molecule has 0 atom stereocenters. The molecule has 24 heavy (non-hydrogen) atoms. The van der Waals surface area contributed by atoms with Crippen LogP contribution < -0.4 is 20.3 Å². The Labute approximate surface area is 144 Å². The molecule has 1 aromatic carbocycles. The van der Waals surface area contributed by atoms with Crippen molar-refractivity contribution in [2.75, 3.05) is 13.7 Å². The Kier molecular flexibility index (Phi) is 5.91. The average molecular weight is 347 g/mol. The third-order valence-corrected chi connectivity index (χ3v) is 3.42. The first-order chi connectivity index (χ1) is 11.6. The molecule has 0 bridgehead atoms. The van der Waals surface area contributed by atoms with E-state index in [0.29, 0.717) is 23.7 Å². The van der Waals surface area contributed by atoms with Gasteiger partial charge < -0.3 is 14.5 Å². The topological polar surface area (TPSA) is 92.5 Å². The molecule has 7 nitrogen and oxygen atoms in total. The number of aromatic amines is 1. The van der Waals surface area contributed by atoms with Gasteiger partial charge in [-0.15, -0.1) is 0 Å². The van der Waals surface area contributed by atoms with Crippen LogP contribution in [0.25, 0.3) is 0 Å². The van der Waals surface area contributed by atoms with Crippen LogP contribution in [0.3, 0.4) is 0 Å². The first-order valence-corrected chi connectivity index (χ1v) is 7.56. The maximum Gasteiger partial charge on any atom is 0.272 e. The molecule has 0 aliphatic heterocycles. The number of hydrogen-bond donors (Lipinski definition) is 3. The summed E-state index contributed by atoms with van der Waals surface area (Å²) in [7, 11) is 1.48. The van der Waals surface area contributed by atoms with Crippen LogP contribution in [0.5, 0.6) is 11.5 Å². The number of rotatable bonds is 5. The van der Waals surface area contributed by atoms with Crippen molar-refractivity contribution in [3.05, 3.63) is 52.3 Å². The summed E-state index contributed by atoms with van der Waals surface area (Å²) in [6.45, 7) is 2.33. The smallest absolute Gasteiger partial charge is 0.272 e. The van der Waals surface area contributed by atoms with Crippen molar-refractivity contribution >= 4 is 24.0 Å². The molecule has 2 aromatic rings. The summed E-state index contributed by atoms with van der Waals surface area (Å²) in [4.78, 5) is 26.9. The summed E-state index contributed by atoms with van der Waals surface area (Å²) in [6.07, 6.45) is 1.61. The van der Waals surface area contributed by atoms with Crippen molar-refractivity contribution in [2.24, 2.45) is 0 Å². The zero-order valence-corrected chi connectivity index (χ0v) is 14.0. The molecule has 2 rings (SSSR count). The Morgan fingerprint density at radius 1 is 1.17 bits per heavy atom. The molecule has 8 heteroatoms. The molecule has 126 valence electrons. The Hall–Kier alpha value is -2.87. The van der Waals surface area contributed by atoms with Crippen LogP contribution >= 0.6 is 12.2 Å². The molecule has 1 aromatic heterocycles. The van der Waals surface area contributed by atoms with E-state index in [1.807, 2.05) is 6.92 Å². The Morgan fingerprint density at radius 3 is 2.58 bits per heavy atom. The number of carbonyl (C=O) groups excluding carboxylic acids is 2. The molecule has 0 spiro atoms. The van der Waals surface area contributed by atoms with Crippen molar-refractivity contribution in [1.82, 2.24) is 15.8 Å². The molecule has 2 amide bonds. The number of hydrazine groups is 1. The zero-order valence-electron chi connectivity index (χ0n) is 13.2. The number of aromatic nitrogens is 1. The lowest BCUT2D eigenvalue weighted by atomic mass is 10.2. The summed E-state index contributed by atoms with van der Waals surface area (Å²) in [6, 6.07) is 7.93. The van der Waals surface area contributed by atoms with Gasteiger partial charge in [0.1, 0.15) is 4.64 Å². The van der Waals surface area contributed by atoms with Gasteiger partial charge in [-0.2, -0.15) is 0 Å². The summed E-state index contributed by atoms with van der Waals surface area (Å²) in [5, 5.41) is 0. The minimum Gasteiger partial charge on any atom is -0.493 e. The molecule has 0 saturated heterocycles. The number of methoxy groups -OCH3 is 1.